The zero-order valence-corrected chi connectivity index (χ0v) is 11.8. The van der Waals surface area contributed by atoms with Gasteiger partial charge in [0, 0.05) is 13.2 Å². The fourth-order valence-corrected chi connectivity index (χ4v) is 2.15. The van der Waals surface area contributed by atoms with Crippen molar-refractivity contribution in [1.29, 1.82) is 0 Å². The van der Waals surface area contributed by atoms with Crippen molar-refractivity contribution in [2.45, 2.75) is 12.8 Å². The van der Waals surface area contributed by atoms with Crippen molar-refractivity contribution in [1.82, 2.24) is 0 Å². The van der Waals surface area contributed by atoms with E-state index < -0.39 is 15.2 Å². The van der Waals surface area contributed by atoms with Crippen LogP contribution in [0.25, 0.3) is 0 Å². The first-order valence-corrected chi connectivity index (χ1v) is 9.05. The molecule has 10 heteroatoms. The summed E-state index contributed by atoms with van der Waals surface area (Å²) in [5.74, 6) is 0. The van der Waals surface area contributed by atoms with E-state index in [9.17, 15) is 9.13 Å². The van der Waals surface area contributed by atoms with Gasteiger partial charge in [0.15, 0.2) is 0 Å². The fourth-order valence-electron chi connectivity index (χ4n) is 1.07. The van der Waals surface area contributed by atoms with E-state index >= 15 is 0 Å². The van der Waals surface area contributed by atoms with Gasteiger partial charge in [-0.1, -0.05) is 0 Å². The molecule has 0 aromatic carbocycles. The van der Waals surface area contributed by atoms with E-state index in [1.54, 1.807) is 0 Å². The molecule has 8 nitrogen and oxygen atoms in total. The molecular weight excluding hydrogens is 286 g/mol. The summed E-state index contributed by atoms with van der Waals surface area (Å²) in [5.41, 5.74) is 0. The highest BCUT2D eigenvalue weighted by atomic mass is 31.2. The molecule has 0 rings (SSSR count). The predicted octanol–water partition coefficient (Wildman–Crippen LogP) is 0.155. The first-order valence-electron chi connectivity index (χ1n) is 5.45. The van der Waals surface area contributed by atoms with Gasteiger partial charge in [-0.25, -0.2) is 0 Å². The third-order valence-electron chi connectivity index (χ3n) is 1.85. The maximum absolute atomic E-state index is 10.5. The fraction of sp³-hybridized carbons (Fsp3) is 1.00. The summed E-state index contributed by atoms with van der Waals surface area (Å²) in [6, 6.07) is 0. The summed E-state index contributed by atoms with van der Waals surface area (Å²) in [6.45, 7) is 1.07. The molecule has 0 unspecified atom stereocenters. The number of rotatable bonds is 11. The van der Waals surface area contributed by atoms with E-state index in [-0.39, 0.29) is 51.6 Å². The van der Waals surface area contributed by atoms with Crippen molar-refractivity contribution in [2.75, 3.05) is 38.8 Å². The van der Waals surface area contributed by atoms with Gasteiger partial charge >= 0.3 is 15.2 Å². The second-order valence-corrected chi connectivity index (χ2v) is 7.26. The van der Waals surface area contributed by atoms with Crippen LogP contribution in [0, 0.1) is 0 Å². The summed E-state index contributed by atoms with van der Waals surface area (Å²) >= 11 is 0. The van der Waals surface area contributed by atoms with Gasteiger partial charge in [0.1, 0.15) is 0 Å². The average molecular weight is 306 g/mol. The minimum atomic E-state index is -3.94. The molecule has 0 fully saturated rings. The molecule has 0 aliphatic carbocycles. The zero-order valence-electron chi connectivity index (χ0n) is 9.97. The van der Waals surface area contributed by atoms with E-state index in [2.05, 4.69) is 0 Å². The molecule has 0 amide bonds. The molecule has 110 valence electrons. The second-order valence-electron chi connectivity index (χ2n) is 3.71. The lowest BCUT2D eigenvalue weighted by atomic mass is 10.5. The van der Waals surface area contributed by atoms with Crippen LogP contribution in [0.2, 0.25) is 0 Å². The van der Waals surface area contributed by atoms with Crippen molar-refractivity contribution in [2.24, 2.45) is 0 Å². The highest BCUT2D eigenvalue weighted by Crippen LogP contribution is 2.35. The molecule has 0 bridgehead atoms. The number of ether oxygens (including phenoxy) is 2. The summed E-state index contributed by atoms with van der Waals surface area (Å²) in [4.78, 5) is 34.2. The normalized spacial score (nSPS) is 12.9. The summed E-state index contributed by atoms with van der Waals surface area (Å²) in [5, 5.41) is 0. The molecule has 0 atom stereocenters. The lowest BCUT2D eigenvalue weighted by Gasteiger charge is -2.07. The van der Waals surface area contributed by atoms with Crippen LogP contribution in [0.15, 0.2) is 0 Å². The van der Waals surface area contributed by atoms with Crippen LogP contribution >= 0.6 is 15.2 Å². The summed E-state index contributed by atoms with van der Waals surface area (Å²) < 4.78 is 31.0. The van der Waals surface area contributed by atoms with E-state index in [0.717, 1.165) is 0 Å². The van der Waals surface area contributed by atoms with Gasteiger partial charge in [-0.3, -0.25) is 9.13 Å². The molecule has 0 heterocycles. The molecule has 0 aliphatic heterocycles. The lowest BCUT2D eigenvalue weighted by Crippen LogP contribution is -2.07. The van der Waals surface area contributed by atoms with Crippen molar-refractivity contribution < 1.29 is 38.2 Å². The Hall–Kier alpha value is 0.220. The third kappa shape index (κ3) is 16.2. The van der Waals surface area contributed by atoms with Crippen molar-refractivity contribution >= 4 is 15.2 Å². The molecule has 0 saturated carbocycles. The van der Waals surface area contributed by atoms with Gasteiger partial charge in [-0.05, 0) is 12.8 Å². The molecule has 0 spiro atoms. The standard InChI is InChI=1S/C8H20O8P2/c9-17(10,11)7-1-3-15-5-6-16-4-2-8-18(12,13)14/h1-8H2,(H2,9,10,11)(H2,12,13,14). The minimum absolute atomic E-state index is 0.198. The smallest absolute Gasteiger partial charge is 0.325 e. The average Bonchev–Trinajstić information content (AvgIpc) is 2.17. The van der Waals surface area contributed by atoms with Gasteiger partial charge < -0.3 is 29.0 Å². The Labute approximate surface area is 106 Å². The SMILES string of the molecule is O=P(O)(O)CCCOCCOCCCP(=O)(O)O. The van der Waals surface area contributed by atoms with E-state index in [1.165, 1.54) is 0 Å². The number of hydrogen-bond donors (Lipinski definition) is 4. The van der Waals surface area contributed by atoms with Crippen molar-refractivity contribution in [3.8, 4) is 0 Å². The molecule has 0 aromatic heterocycles. The second kappa shape index (κ2) is 9.18. The van der Waals surface area contributed by atoms with Crippen LogP contribution in [-0.2, 0) is 18.6 Å². The highest BCUT2D eigenvalue weighted by molar-refractivity contribution is 7.52. The van der Waals surface area contributed by atoms with E-state index in [4.69, 9.17) is 29.0 Å². The topological polar surface area (TPSA) is 134 Å². The van der Waals surface area contributed by atoms with Crippen LogP contribution < -0.4 is 0 Å². The maximum atomic E-state index is 10.5. The van der Waals surface area contributed by atoms with E-state index in [0.29, 0.717) is 0 Å². The Balaban J connectivity index is 3.17. The van der Waals surface area contributed by atoms with Crippen LogP contribution in [0.3, 0.4) is 0 Å². The van der Waals surface area contributed by atoms with Gasteiger partial charge in [-0.15, -0.1) is 0 Å². The van der Waals surface area contributed by atoms with Gasteiger partial charge in [0.05, 0.1) is 25.5 Å². The monoisotopic (exact) mass is 306 g/mol. The van der Waals surface area contributed by atoms with Gasteiger partial charge in [-0.2, -0.15) is 0 Å². The molecule has 18 heavy (non-hydrogen) atoms. The largest absolute Gasteiger partial charge is 0.379 e. The molecule has 4 N–H and O–H groups in total. The number of hydrogen-bond acceptors (Lipinski definition) is 4. The Kier molecular flexibility index (Phi) is 9.29. The Morgan fingerprint density at radius 1 is 0.667 bits per heavy atom. The molecule has 0 aliphatic rings. The molecular formula is C8H20O8P2. The van der Waals surface area contributed by atoms with Crippen LogP contribution in [0.5, 0.6) is 0 Å². The third-order valence-corrected chi connectivity index (χ3v) is 3.65. The van der Waals surface area contributed by atoms with Crippen LogP contribution in [0.1, 0.15) is 12.8 Å². The van der Waals surface area contributed by atoms with Crippen molar-refractivity contribution in [3.05, 3.63) is 0 Å². The van der Waals surface area contributed by atoms with Gasteiger partial charge in [0.2, 0.25) is 0 Å². The molecule has 0 saturated heterocycles. The lowest BCUT2D eigenvalue weighted by molar-refractivity contribution is 0.0481. The first kappa shape index (κ1) is 18.2. The summed E-state index contributed by atoms with van der Waals surface area (Å²) in [6.07, 6.45) is 0.164. The van der Waals surface area contributed by atoms with Gasteiger partial charge in [0.25, 0.3) is 0 Å². The zero-order chi connectivity index (χ0) is 14.1. The molecule has 0 radical (unpaired) electrons. The van der Waals surface area contributed by atoms with E-state index in [1.807, 2.05) is 0 Å². The maximum Gasteiger partial charge on any atom is 0.325 e. The minimum Gasteiger partial charge on any atom is -0.379 e. The molecule has 0 aromatic rings. The van der Waals surface area contributed by atoms with Crippen LogP contribution in [-0.4, -0.2) is 58.3 Å². The highest BCUT2D eigenvalue weighted by Gasteiger charge is 2.12. The Bertz CT molecular complexity index is 265. The predicted molar refractivity (Wildman–Crippen MR) is 64.7 cm³/mol. The Morgan fingerprint density at radius 2 is 1.00 bits per heavy atom. The van der Waals surface area contributed by atoms with Crippen molar-refractivity contribution in [3.63, 3.8) is 0 Å². The quantitative estimate of drug-likeness (QED) is 0.313. The van der Waals surface area contributed by atoms with Crippen LogP contribution in [0.4, 0.5) is 0 Å². The summed E-state index contributed by atoms with van der Waals surface area (Å²) in [7, 11) is -7.87. The Morgan fingerprint density at radius 3 is 1.28 bits per heavy atom. The first-order chi connectivity index (χ1) is 8.21.